The maximum Gasteiger partial charge on any atom is 0.439 e. The fraction of sp³-hybridized carbons (Fsp3) is 0. The van der Waals surface area contributed by atoms with E-state index in [1.165, 1.54) is 0 Å². The van der Waals surface area contributed by atoms with Gasteiger partial charge in [-0.3, -0.25) is 0 Å². The molecule has 0 spiro atoms. The predicted octanol–water partition coefficient (Wildman–Crippen LogP) is -0.178. The smallest absolute Gasteiger partial charge is 0.318 e. The SMILES string of the molecule is O=[N+]([O-])N=N[N+](=O)[O-]. The molecule has 0 heterocycles. The molecule has 0 rings (SSSR count). The summed E-state index contributed by atoms with van der Waals surface area (Å²) in [5.74, 6) is 0. The van der Waals surface area contributed by atoms with E-state index in [9.17, 15) is 0 Å². The van der Waals surface area contributed by atoms with Gasteiger partial charge in [0.1, 0.15) is 0 Å². The average molecular weight is 120 g/mol. The molecule has 8 heteroatoms. The van der Waals surface area contributed by atoms with Gasteiger partial charge in [0, 0.05) is 0 Å². The summed E-state index contributed by atoms with van der Waals surface area (Å²) in [5.41, 5.74) is 0. The van der Waals surface area contributed by atoms with Crippen LogP contribution < -0.4 is 0 Å². The van der Waals surface area contributed by atoms with Crippen LogP contribution in [0.4, 0.5) is 0 Å². The molecule has 0 aromatic carbocycles. The van der Waals surface area contributed by atoms with Crippen molar-refractivity contribution >= 4 is 0 Å². The van der Waals surface area contributed by atoms with Crippen LogP contribution in [0, 0.1) is 20.2 Å². The summed E-state index contributed by atoms with van der Waals surface area (Å²) < 4.78 is 0. The van der Waals surface area contributed by atoms with E-state index in [-0.39, 0.29) is 0 Å². The zero-order valence-corrected chi connectivity index (χ0v) is 3.42. The Labute approximate surface area is 42.1 Å². The van der Waals surface area contributed by atoms with Crippen LogP contribution in [-0.2, 0) is 0 Å². The fourth-order valence-electron chi connectivity index (χ4n) is 0.0653. The second kappa shape index (κ2) is 2.55. The monoisotopic (exact) mass is 120 g/mol. The Kier molecular flexibility index (Phi) is 2.04. The summed E-state index contributed by atoms with van der Waals surface area (Å²) in [5, 5.41) is 19.7. The van der Waals surface area contributed by atoms with E-state index in [1.807, 2.05) is 10.4 Å². The first-order chi connectivity index (χ1) is 3.63. The highest BCUT2D eigenvalue weighted by atomic mass is 16.7. The lowest BCUT2D eigenvalue weighted by atomic mass is 12.4. The molecule has 0 saturated carbocycles. The zero-order valence-electron chi connectivity index (χ0n) is 3.42. The first-order valence-electron chi connectivity index (χ1n) is 1.33. The van der Waals surface area contributed by atoms with Gasteiger partial charge >= 0.3 is 10.4 Å². The van der Waals surface area contributed by atoms with Gasteiger partial charge in [-0.1, -0.05) is 0 Å². The van der Waals surface area contributed by atoms with Crippen molar-refractivity contribution in [3.05, 3.63) is 20.2 Å². The normalized spacial score (nSPS) is 9.50. The minimum atomic E-state index is -1.26. The molecule has 0 N–H and O–H groups in total. The average Bonchev–Trinajstić information content (AvgIpc) is 1.61. The highest BCUT2D eigenvalue weighted by molar-refractivity contribution is 3.97. The van der Waals surface area contributed by atoms with Gasteiger partial charge in [0.15, 0.2) is 10.1 Å². The van der Waals surface area contributed by atoms with Crippen LogP contribution in [0.5, 0.6) is 0 Å². The van der Waals surface area contributed by atoms with Crippen LogP contribution in [0.25, 0.3) is 0 Å². The van der Waals surface area contributed by atoms with Crippen LogP contribution in [0.15, 0.2) is 10.4 Å². The van der Waals surface area contributed by atoms with E-state index in [0.29, 0.717) is 0 Å². The molecule has 0 unspecified atom stereocenters. The van der Waals surface area contributed by atoms with E-state index in [2.05, 4.69) is 0 Å². The topological polar surface area (TPSA) is 111 Å². The Hall–Kier alpha value is -1.60. The second-order valence-corrected chi connectivity index (χ2v) is 0.655. The quantitative estimate of drug-likeness (QED) is 0.285. The summed E-state index contributed by atoms with van der Waals surface area (Å²) in [6, 6.07) is 0. The van der Waals surface area contributed by atoms with E-state index in [4.69, 9.17) is 20.2 Å². The molecular formula is N4O4. The lowest BCUT2D eigenvalue weighted by molar-refractivity contribution is -0.559. The summed E-state index contributed by atoms with van der Waals surface area (Å²) in [6.45, 7) is 0. The maximum absolute atomic E-state index is 9.14. The molecule has 44 valence electrons. The summed E-state index contributed by atoms with van der Waals surface area (Å²) in [4.78, 5) is 18.3. The largest absolute Gasteiger partial charge is 0.439 e. The van der Waals surface area contributed by atoms with Crippen LogP contribution in [0.1, 0.15) is 0 Å². The van der Waals surface area contributed by atoms with Gasteiger partial charge in [0.2, 0.25) is 0 Å². The molecule has 0 fully saturated rings. The Bertz CT molecular complexity index is 119. The Morgan fingerprint density at radius 1 is 1.00 bits per heavy atom. The van der Waals surface area contributed by atoms with Crippen LogP contribution >= 0.6 is 0 Å². The third-order valence-corrected chi connectivity index (χ3v) is 0.186. The lowest BCUT2D eigenvalue weighted by Crippen LogP contribution is -1.87. The van der Waals surface area contributed by atoms with Gasteiger partial charge < -0.3 is 20.2 Å². The number of nitrogens with zero attached hydrogens (tertiary/aromatic N) is 4. The summed E-state index contributed by atoms with van der Waals surface area (Å²) >= 11 is 0. The third-order valence-electron chi connectivity index (χ3n) is 0.186. The van der Waals surface area contributed by atoms with Gasteiger partial charge in [-0.15, -0.1) is 0 Å². The highest BCUT2D eigenvalue weighted by Gasteiger charge is 2.01. The van der Waals surface area contributed by atoms with Crippen molar-refractivity contribution in [2.75, 3.05) is 0 Å². The maximum atomic E-state index is 9.14. The van der Waals surface area contributed by atoms with Crippen LogP contribution in [-0.4, -0.2) is 10.1 Å². The Morgan fingerprint density at radius 3 is 1.38 bits per heavy atom. The molecule has 0 amide bonds. The van der Waals surface area contributed by atoms with Gasteiger partial charge in [-0.05, 0) is 0 Å². The zero-order chi connectivity index (χ0) is 6.57. The van der Waals surface area contributed by atoms with Crippen LogP contribution in [0.3, 0.4) is 0 Å². The molecule has 8 nitrogen and oxygen atoms in total. The summed E-state index contributed by atoms with van der Waals surface area (Å²) in [7, 11) is 0. The molecular weight excluding hydrogens is 120 g/mol. The molecule has 0 aliphatic rings. The molecule has 0 radical (unpaired) electrons. The fourth-order valence-corrected chi connectivity index (χ4v) is 0.0653. The van der Waals surface area contributed by atoms with Gasteiger partial charge in [-0.2, -0.15) is 0 Å². The Morgan fingerprint density at radius 2 is 1.25 bits per heavy atom. The number of rotatable bonds is 2. The molecule has 0 aromatic rings. The molecule has 0 aliphatic carbocycles. The first kappa shape index (κ1) is 6.40. The highest BCUT2D eigenvalue weighted by Crippen LogP contribution is 1.74. The molecule has 0 bridgehead atoms. The number of hydrogen-bond acceptors (Lipinski definition) is 4. The van der Waals surface area contributed by atoms with Crippen molar-refractivity contribution in [1.29, 1.82) is 0 Å². The van der Waals surface area contributed by atoms with E-state index >= 15 is 0 Å². The van der Waals surface area contributed by atoms with Gasteiger partial charge in [0.25, 0.3) is 0 Å². The molecule has 8 heavy (non-hydrogen) atoms. The number of nitro groups is 2. The first-order valence-corrected chi connectivity index (χ1v) is 1.33. The second-order valence-electron chi connectivity index (χ2n) is 0.655. The molecule has 0 aliphatic heterocycles. The lowest BCUT2D eigenvalue weighted by Gasteiger charge is -1.65. The minimum Gasteiger partial charge on any atom is -0.318 e. The van der Waals surface area contributed by atoms with Crippen molar-refractivity contribution in [3.8, 4) is 0 Å². The van der Waals surface area contributed by atoms with Gasteiger partial charge in [0.05, 0.1) is 0 Å². The van der Waals surface area contributed by atoms with E-state index in [0.717, 1.165) is 0 Å². The molecule has 0 aromatic heterocycles. The molecule has 0 saturated heterocycles. The van der Waals surface area contributed by atoms with Crippen LogP contribution in [0.2, 0.25) is 0 Å². The van der Waals surface area contributed by atoms with E-state index < -0.39 is 10.1 Å². The van der Waals surface area contributed by atoms with Crippen molar-refractivity contribution in [2.45, 2.75) is 0 Å². The molecule has 0 atom stereocenters. The van der Waals surface area contributed by atoms with Crippen molar-refractivity contribution in [1.82, 2.24) is 0 Å². The minimum absolute atomic E-state index is 1.26. The van der Waals surface area contributed by atoms with Crippen molar-refractivity contribution in [3.63, 3.8) is 0 Å². The third kappa shape index (κ3) is 4.40. The number of hydrogen-bond donors (Lipinski definition) is 0. The Balaban J connectivity index is 3.67. The van der Waals surface area contributed by atoms with Crippen molar-refractivity contribution < 1.29 is 10.1 Å². The standard InChI is InChI=1S/N4O4/c5-3(6)1-2-4(7)8. The van der Waals surface area contributed by atoms with Crippen molar-refractivity contribution in [2.24, 2.45) is 10.4 Å². The van der Waals surface area contributed by atoms with Gasteiger partial charge in [-0.25, -0.2) is 0 Å². The predicted molar refractivity (Wildman–Crippen MR) is 18.8 cm³/mol. The van der Waals surface area contributed by atoms with E-state index in [1.54, 1.807) is 0 Å². The summed E-state index contributed by atoms with van der Waals surface area (Å²) in [6.07, 6.45) is 0.